The Hall–Kier alpha value is -1.66. The molecule has 1 aliphatic rings. The molecule has 0 saturated carbocycles. The third kappa shape index (κ3) is 3.01. The van der Waals surface area contributed by atoms with Crippen LogP contribution in [0.3, 0.4) is 0 Å². The number of amides is 1. The van der Waals surface area contributed by atoms with Crippen LogP contribution >= 0.6 is 23.1 Å². The summed E-state index contributed by atoms with van der Waals surface area (Å²) in [7, 11) is 1.57. The van der Waals surface area contributed by atoms with Crippen molar-refractivity contribution in [2.45, 2.75) is 12.2 Å². The number of ether oxygens (including phenoxy) is 1. The van der Waals surface area contributed by atoms with E-state index in [0.717, 1.165) is 22.8 Å². The number of nitrogen functional groups attached to an aromatic ring is 1. The first-order chi connectivity index (χ1) is 10.2. The van der Waals surface area contributed by atoms with E-state index in [4.69, 9.17) is 10.5 Å². The predicted octanol–water partition coefficient (Wildman–Crippen LogP) is 3.38. The van der Waals surface area contributed by atoms with Crippen LogP contribution < -0.4 is 15.8 Å². The Morgan fingerprint density at radius 2 is 2.24 bits per heavy atom. The van der Waals surface area contributed by atoms with Crippen molar-refractivity contribution in [3.05, 3.63) is 39.6 Å². The van der Waals surface area contributed by atoms with Crippen molar-refractivity contribution in [2.24, 2.45) is 0 Å². The summed E-state index contributed by atoms with van der Waals surface area (Å²) in [6.45, 7) is 0. The molecule has 4 nitrogen and oxygen atoms in total. The molecule has 0 aliphatic carbocycles. The molecule has 0 saturated heterocycles. The monoisotopic (exact) mass is 320 g/mol. The highest BCUT2D eigenvalue weighted by Gasteiger charge is 2.18. The predicted molar refractivity (Wildman–Crippen MR) is 89.5 cm³/mol. The maximum Gasteiger partial charge on any atom is 0.265 e. The molecule has 3 N–H and O–H groups in total. The Morgan fingerprint density at radius 1 is 1.38 bits per heavy atom. The summed E-state index contributed by atoms with van der Waals surface area (Å²) < 4.78 is 5.25. The molecule has 21 heavy (non-hydrogen) atoms. The van der Waals surface area contributed by atoms with Gasteiger partial charge in [0.25, 0.3) is 5.91 Å². The van der Waals surface area contributed by atoms with Gasteiger partial charge >= 0.3 is 0 Å². The van der Waals surface area contributed by atoms with E-state index in [1.807, 2.05) is 17.8 Å². The first-order valence-electron chi connectivity index (χ1n) is 6.61. The number of methoxy groups -OCH3 is 1. The number of rotatable bonds is 3. The summed E-state index contributed by atoms with van der Waals surface area (Å²) in [6.07, 6.45) is 1.06. The van der Waals surface area contributed by atoms with Gasteiger partial charge < -0.3 is 15.8 Å². The van der Waals surface area contributed by atoms with Gasteiger partial charge in [0.05, 0.1) is 17.7 Å². The number of carbonyl (C=O) groups is 1. The number of nitrogens with two attached hydrogens (primary N) is 1. The van der Waals surface area contributed by atoms with Gasteiger partial charge in [-0.1, -0.05) is 0 Å². The molecule has 0 spiro atoms. The highest BCUT2D eigenvalue weighted by molar-refractivity contribution is 7.98. The Kier molecular flexibility index (Phi) is 4.07. The quantitative estimate of drug-likeness (QED) is 0.851. The highest BCUT2D eigenvalue weighted by Crippen LogP contribution is 2.33. The van der Waals surface area contributed by atoms with Gasteiger partial charge in [0.2, 0.25) is 0 Å². The average molecular weight is 320 g/mol. The zero-order valence-corrected chi connectivity index (χ0v) is 13.3. The minimum Gasteiger partial charge on any atom is -0.495 e. The first-order valence-corrected chi connectivity index (χ1v) is 8.58. The van der Waals surface area contributed by atoms with E-state index >= 15 is 0 Å². The number of anilines is 2. The molecule has 110 valence electrons. The highest BCUT2D eigenvalue weighted by atomic mass is 32.2. The van der Waals surface area contributed by atoms with E-state index in [2.05, 4.69) is 5.32 Å². The fraction of sp³-hybridized carbons (Fsp3) is 0.267. The van der Waals surface area contributed by atoms with Crippen molar-refractivity contribution in [3.63, 3.8) is 0 Å². The molecule has 0 radical (unpaired) electrons. The Labute approximate surface area is 131 Å². The van der Waals surface area contributed by atoms with Crippen LogP contribution in [0.25, 0.3) is 0 Å². The van der Waals surface area contributed by atoms with Crippen LogP contribution in [-0.2, 0) is 12.2 Å². The lowest BCUT2D eigenvalue weighted by Crippen LogP contribution is -2.11. The number of fused-ring (bicyclic) bond motifs is 1. The van der Waals surface area contributed by atoms with E-state index in [9.17, 15) is 4.79 Å². The summed E-state index contributed by atoms with van der Waals surface area (Å²) in [4.78, 5) is 14.5. The fourth-order valence-corrected chi connectivity index (χ4v) is 4.53. The topological polar surface area (TPSA) is 64.3 Å². The van der Waals surface area contributed by atoms with Gasteiger partial charge in [0.15, 0.2) is 0 Å². The van der Waals surface area contributed by atoms with E-state index in [1.54, 1.807) is 36.6 Å². The normalized spacial score (nSPS) is 13.6. The number of thiophene rings is 1. The molecule has 6 heteroatoms. The lowest BCUT2D eigenvalue weighted by Gasteiger charge is -2.10. The molecule has 0 atom stereocenters. The van der Waals surface area contributed by atoms with Crippen molar-refractivity contribution >= 4 is 40.4 Å². The molecule has 0 fully saturated rings. The van der Waals surface area contributed by atoms with Crippen molar-refractivity contribution in [1.82, 2.24) is 0 Å². The van der Waals surface area contributed by atoms with Crippen LogP contribution in [0.5, 0.6) is 5.75 Å². The van der Waals surface area contributed by atoms with Crippen LogP contribution in [0.2, 0.25) is 0 Å². The van der Waals surface area contributed by atoms with Gasteiger partial charge in [-0.15, -0.1) is 11.3 Å². The molecule has 0 bridgehead atoms. The summed E-state index contributed by atoms with van der Waals surface area (Å²) >= 11 is 3.50. The lowest BCUT2D eigenvalue weighted by molar-refractivity contribution is 0.103. The third-order valence-corrected chi connectivity index (χ3v) is 5.57. The van der Waals surface area contributed by atoms with Crippen molar-refractivity contribution in [2.75, 3.05) is 23.9 Å². The van der Waals surface area contributed by atoms with Crippen LogP contribution in [0.1, 0.15) is 20.1 Å². The molecule has 3 rings (SSSR count). The standard InChI is InChI=1S/C15H16N2O2S2/c1-19-12-3-2-10(16)7-11(12)17-15(18)14-6-9-8-20-5-4-13(9)21-14/h2-3,6-7H,4-5,8,16H2,1H3,(H,17,18). The number of aryl methyl sites for hydroxylation is 1. The second-order valence-electron chi connectivity index (χ2n) is 4.78. The Morgan fingerprint density at radius 3 is 3.00 bits per heavy atom. The molecule has 2 aromatic rings. The van der Waals surface area contributed by atoms with Gasteiger partial charge in [-0.25, -0.2) is 0 Å². The number of carbonyl (C=O) groups excluding carboxylic acids is 1. The SMILES string of the molecule is COc1ccc(N)cc1NC(=O)c1cc2c(s1)CCSC2. The Balaban J connectivity index is 1.83. The van der Waals surface area contributed by atoms with Gasteiger partial charge in [-0.05, 0) is 42.0 Å². The van der Waals surface area contributed by atoms with Crippen molar-refractivity contribution in [3.8, 4) is 5.75 Å². The molecular formula is C15H16N2O2S2. The molecule has 0 unspecified atom stereocenters. The van der Waals surface area contributed by atoms with Crippen LogP contribution in [-0.4, -0.2) is 18.8 Å². The third-order valence-electron chi connectivity index (χ3n) is 3.32. The second-order valence-corrected chi connectivity index (χ2v) is 7.02. The number of nitrogens with one attached hydrogen (secondary N) is 1. The summed E-state index contributed by atoms with van der Waals surface area (Å²) in [5.41, 5.74) is 8.25. The molecule has 1 aliphatic heterocycles. The molecule has 1 aromatic carbocycles. The van der Waals surface area contributed by atoms with Crippen LogP contribution in [0, 0.1) is 0 Å². The second kappa shape index (κ2) is 5.99. The van der Waals surface area contributed by atoms with Gasteiger partial charge in [-0.3, -0.25) is 4.79 Å². The molecule has 1 aromatic heterocycles. The van der Waals surface area contributed by atoms with E-state index < -0.39 is 0 Å². The zero-order valence-electron chi connectivity index (χ0n) is 11.6. The van der Waals surface area contributed by atoms with Crippen LogP contribution in [0.15, 0.2) is 24.3 Å². The molecule has 1 amide bonds. The smallest absolute Gasteiger partial charge is 0.265 e. The number of benzene rings is 1. The van der Waals surface area contributed by atoms with Crippen LogP contribution in [0.4, 0.5) is 11.4 Å². The van der Waals surface area contributed by atoms with Gasteiger partial charge in [0.1, 0.15) is 5.75 Å². The first kappa shape index (κ1) is 14.3. The summed E-state index contributed by atoms with van der Waals surface area (Å²) in [6, 6.07) is 7.21. The van der Waals surface area contributed by atoms with Crippen molar-refractivity contribution < 1.29 is 9.53 Å². The fourth-order valence-electron chi connectivity index (χ4n) is 2.27. The zero-order chi connectivity index (χ0) is 14.8. The average Bonchev–Trinajstić information content (AvgIpc) is 2.91. The molecular weight excluding hydrogens is 304 g/mol. The largest absolute Gasteiger partial charge is 0.495 e. The molecule has 2 heterocycles. The number of hydrogen-bond donors (Lipinski definition) is 2. The maximum absolute atomic E-state index is 12.4. The minimum absolute atomic E-state index is 0.108. The Bertz CT molecular complexity index is 659. The minimum atomic E-state index is -0.108. The number of hydrogen-bond acceptors (Lipinski definition) is 5. The number of thioether (sulfide) groups is 1. The van der Waals surface area contributed by atoms with E-state index in [-0.39, 0.29) is 5.91 Å². The van der Waals surface area contributed by atoms with Crippen molar-refractivity contribution in [1.29, 1.82) is 0 Å². The van der Waals surface area contributed by atoms with E-state index in [0.29, 0.717) is 17.1 Å². The lowest BCUT2D eigenvalue weighted by atomic mass is 10.2. The summed E-state index contributed by atoms with van der Waals surface area (Å²) in [5.74, 6) is 2.64. The van der Waals surface area contributed by atoms with Gasteiger partial charge in [-0.2, -0.15) is 11.8 Å². The van der Waals surface area contributed by atoms with E-state index in [1.165, 1.54) is 10.4 Å². The summed E-state index contributed by atoms with van der Waals surface area (Å²) in [5, 5.41) is 2.89. The van der Waals surface area contributed by atoms with Gasteiger partial charge in [0, 0.05) is 16.3 Å². The maximum atomic E-state index is 12.4.